The van der Waals surface area contributed by atoms with Gasteiger partial charge in [-0.3, -0.25) is 0 Å². The number of nitrogens with zero attached hydrogens (tertiary/aromatic N) is 1. The van der Waals surface area contributed by atoms with Gasteiger partial charge in [-0.05, 0) is 18.2 Å². The van der Waals surface area contributed by atoms with E-state index >= 15 is 0 Å². The van der Waals surface area contributed by atoms with Crippen molar-refractivity contribution in [3.8, 4) is 22.8 Å². The maximum atomic E-state index is 8.89. The van der Waals surface area contributed by atoms with Crippen molar-refractivity contribution in [1.82, 2.24) is 5.16 Å². The molecule has 2 heterocycles. The largest absolute Gasteiger partial charge is 0.454 e. The maximum Gasteiger partial charge on any atom is 0.231 e. The van der Waals surface area contributed by atoms with Crippen LogP contribution in [0.25, 0.3) is 11.3 Å². The summed E-state index contributed by atoms with van der Waals surface area (Å²) in [6, 6.07) is 7.19. The van der Waals surface area contributed by atoms with Gasteiger partial charge in [0.05, 0.1) is 6.61 Å². The summed E-state index contributed by atoms with van der Waals surface area (Å²) in [6.45, 7) is 0.116. The Kier molecular flexibility index (Phi) is 2.04. The lowest BCUT2D eigenvalue weighted by molar-refractivity contribution is 0.174. The van der Waals surface area contributed by atoms with Crippen LogP contribution in [0.2, 0.25) is 0 Å². The second kappa shape index (κ2) is 3.53. The molecule has 16 heavy (non-hydrogen) atoms. The van der Waals surface area contributed by atoms with Crippen LogP contribution in [0.15, 0.2) is 28.8 Å². The summed E-state index contributed by atoms with van der Waals surface area (Å²) in [5, 5.41) is 12.6. The molecule has 1 aliphatic heterocycles. The zero-order chi connectivity index (χ0) is 11.0. The molecular weight excluding hydrogens is 210 g/mol. The van der Waals surface area contributed by atoms with Gasteiger partial charge in [0.15, 0.2) is 17.3 Å². The molecule has 1 aliphatic rings. The molecule has 3 rings (SSSR count). The standard InChI is InChI=1S/C11H9NO4/c13-5-8-4-10(16-12-8)7-1-2-9-11(3-7)15-6-14-9/h1-4,13H,5-6H2. The highest BCUT2D eigenvalue weighted by molar-refractivity contribution is 5.63. The minimum absolute atomic E-state index is 0.131. The molecule has 2 aromatic rings. The summed E-state index contributed by atoms with van der Waals surface area (Å²) in [5.74, 6) is 2.02. The summed E-state index contributed by atoms with van der Waals surface area (Å²) in [4.78, 5) is 0. The van der Waals surface area contributed by atoms with Gasteiger partial charge in [-0.15, -0.1) is 0 Å². The number of ether oxygens (including phenoxy) is 2. The molecule has 0 atom stereocenters. The Morgan fingerprint density at radius 2 is 2.06 bits per heavy atom. The predicted molar refractivity (Wildman–Crippen MR) is 54.0 cm³/mol. The predicted octanol–water partition coefficient (Wildman–Crippen LogP) is 1.56. The van der Waals surface area contributed by atoms with Crippen LogP contribution in [0, 0.1) is 0 Å². The van der Waals surface area contributed by atoms with Gasteiger partial charge in [-0.25, -0.2) is 0 Å². The third-order valence-corrected chi connectivity index (χ3v) is 2.38. The fourth-order valence-electron chi connectivity index (χ4n) is 1.57. The van der Waals surface area contributed by atoms with Crippen molar-refractivity contribution in [2.75, 3.05) is 6.79 Å². The van der Waals surface area contributed by atoms with Crippen molar-refractivity contribution in [1.29, 1.82) is 0 Å². The average molecular weight is 219 g/mol. The number of rotatable bonds is 2. The fourth-order valence-corrected chi connectivity index (χ4v) is 1.57. The Bertz CT molecular complexity index is 520. The zero-order valence-electron chi connectivity index (χ0n) is 8.34. The molecule has 0 aliphatic carbocycles. The molecule has 82 valence electrons. The summed E-state index contributed by atoms with van der Waals surface area (Å²) >= 11 is 0. The first-order valence-corrected chi connectivity index (χ1v) is 4.83. The number of aliphatic hydroxyl groups excluding tert-OH is 1. The SMILES string of the molecule is OCc1cc(-c2ccc3c(c2)OCO3)on1. The Labute approximate surface area is 91.2 Å². The Hall–Kier alpha value is -2.01. The van der Waals surface area contributed by atoms with E-state index in [-0.39, 0.29) is 13.4 Å². The van der Waals surface area contributed by atoms with Crippen LogP contribution in [-0.2, 0) is 6.61 Å². The highest BCUT2D eigenvalue weighted by atomic mass is 16.7. The highest BCUT2D eigenvalue weighted by Crippen LogP contribution is 2.35. The van der Waals surface area contributed by atoms with Crippen LogP contribution in [0.3, 0.4) is 0 Å². The molecule has 1 aromatic carbocycles. The van der Waals surface area contributed by atoms with E-state index in [2.05, 4.69) is 5.16 Å². The number of hydrogen-bond acceptors (Lipinski definition) is 5. The van der Waals surface area contributed by atoms with Crippen molar-refractivity contribution in [3.63, 3.8) is 0 Å². The van der Waals surface area contributed by atoms with Gasteiger partial charge in [-0.2, -0.15) is 0 Å². The minimum Gasteiger partial charge on any atom is -0.454 e. The van der Waals surface area contributed by atoms with Crippen LogP contribution < -0.4 is 9.47 Å². The monoisotopic (exact) mass is 219 g/mol. The Balaban J connectivity index is 2.00. The quantitative estimate of drug-likeness (QED) is 0.830. The Morgan fingerprint density at radius 3 is 2.88 bits per heavy atom. The van der Waals surface area contributed by atoms with E-state index in [1.807, 2.05) is 18.2 Å². The normalized spacial score (nSPS) is 13.1. The first kappa shape index (κ1) is 9.23. The second-order valence-electron chi connectivity index (χ2n) is 3.41. The summed E-state index contributed by atoms with van der Waals surface area (Å²) < 4.78 is 15.6. The summed E-state index contributed by atoms with van der Waals surface area (Å²) in [7, 11) is 0. The van der Waals surface area contributed by atoms with Crippen LogP contribution >= 0.6 is 0 Å². The minimum atomic E-state index is -0.131. The van der Waals surface area contributed by atoms with E-state index in [9.17, 15) is 0 Å². The molecule has 0 unspecified atom stereocenters. The number of fused-ring (bicyclic) bond motifs is 1. The maximum absolute atomic E-state index is 8.89. The van der Waals surface area contributed by atoms with Gasteiger partial charge < -0.3 is 19.1 Å². The lowest BCUT2D eigenvalue weighted by Crippen LogP contribution is -1.92. The first-order chi connectivity index (χ1) is 7.86. The molecule has 0 saturated heterocycles. The smallest absolute Gasteiger partial charge is 0.231 e. The van der Waals surface area contributed by atoms with Crippen LogP contribution in [0.5, 0.6) is 11.5 Å². The van der Waals surface area contributed by atoms with Gasteiger partial charge in [-0.1, -0.05) is 5.16 Å². The number of aromatic nitrogens is 1. The first-order valence-electron chi connectivity index (χ1n) is 4.83. The topological polar surface area (TPSA) is 64.7 Å². The van der Waals surface area contributed by atoms with Gasteiger partial charge in [0.25, 0.3) is 0 Å². The molecular formula is C11H9NO4. The van der Waals surface area contributed by atoms with Crippen molar-refractivity contribution in [3.05, 3.63) is 30.0 Å². The zero-order valence-corrected chi connectivity index (χ0v) is 8.34. The molecule has 0 spiro atoms. The average Bonchev–Trinajstić information content (AvgIpc) is 2.96. The van der Waals surface area contributed by atoms with E-state index in [0.717, 1.165) is 11.3 Å². The molecule has 1 N–H and O–H groups in total. The molecule has 0 amide bonds. The molecule has 1 aromatic heterocycles. The van der Waals surface area contributed by atoms with Crippen LogP contribution in [0.1, 0.15) is 5.69 Å². The van der Waals surface area contributed by atoms with Crippen molar-refractivity contribution in [2.45, 2.75) is 6.61 Å². The van der Waals surface area contributed by atoms with E-state index < -0.39 is 0 Å². The van der Waals surface area contributed by atoms with Crippen LogP contribution in [-0.4, -0.2) is 17.1 Å². The third-order valence-electron chi connectivity index (χ3n) is 2.38. The molecule has 0 radical (unpaired) electrons. The second-order valence-corrected chi connectivity index (χ2v) is 3.41. The van der Waals surface area contributed by atoms with E-state index in [0.29, 0.717) is 17.2 Å². The fraction of sp³-hybridized carbons (Fsp3) is 0.182. The van der Waals surface area contributed by atoms with Crippen molar-refractivity contribution >= 4 is 0 Å². The van der Waals surface area contributed by atoms with Gasteiger partial charge in [0, 0.05) is 11.6 Å². The Morgan fingerprint density at radius 1 is 1.19 bits per heavy atom. The van der Waals surface area contributed by atoms with E-state index in [1.54, 1.807) is 6.07 Å². The van der Waals surface area contributed by atoms with Crippen LogP contribution in [0.4, 0.5) is 0 Å². The number of aliphatic hydroxyl groups is 1. The lowest BCUT2D eigenvalue weighted by atomic mass is 10.1. The van der Waals surface area contributed by atoms with E-state index in [1.165, 1.54) is 0 Å². The molecule has 0 saturated carbocycles. The van der Waals surface area contributed by atoms with Crippen molar-refractivity contribution < 1.29 is 19.1 Å². The molecule has 0 fully saturated rings. The van der Waals surface area contributed by atoms with Gasteiger partial charge in [0.1, 0.15) is 5.69 Å². The highest BCUT2D eigenvalue weighted by Gasteiger charge is 2.15. The summed E-state index contributed by atoms with van der Waals surface area (Å²) in [5.41, 5.74) is 1.35. The lowest BCUT2D eigenvalue weighted by Gasteiger charge is -1.98. The molecule has 0 bridgehead atoms. The summed E-state index contributed by atoms with van der Waals surface area (Å²) in [6.07, 6.45) is 0. The van der Waals surface area contributed by atoms with Gasteiger partial charge >= 0.3 is 0 Å². The number of hydrogen-bond donors (Lipinski definition) is 1. The van der Waals surface area contributed by atoms with E-state index in [4.69, 9.17) is 19.1 Å². The molecule has 5 nitrogen and oxygen atoms in total. The van der Waals surface area contributed by atoms with Crippen molar-refractivity contribution in [2.24, 2.45) is 0 Å². The van der Waals surface area contributed by atoms with Gasteiger partial charge in [0.2, 0.25) is 6.79 Å². The number of benzene rings is 1. The molecule has 5 heteroatoms. The third kappa shape index (κ3) is 1.42.